The number of aromatic nitrogens is 1. The van der Waals surface area contributed by atoms with E-state index in [1.807, 2.05) is 32.9 Å². The smallest absolute Gasteiger partial charge is 0.340 e. The predicted molar refractivity (Wildman–Crippen MR) is 93.4 cm³/mol. The van der Waals surface area contributed by atoms with Crippen LogP contribution in [-0.2, 0) is 9.53 Å². The minimum Gasteiger partial charge on any atom is -0.449 e. The Labute approximate surface area is 146 Å². The van der Waals surface area contributed by atoms with Crippen LogP contribution in [0.1, 0.15) is 34.0 Å². The normalized spacial score (nSPS) is 11.7. The van der Waals surface area contributed by atoms with Gasteiger partial charge in [-0.3, -0.25) is 4.79 Å². The molecule has 0 unspecified atom stereocenters. The third-order valence-corrected chi connectivity index (χ3v) is 3.76. The fourth-order valence-electron chi connectivity index (χ4n) is 2.38. The minimum atomic E-state index is -0.937. The number of carbonyl (C=O) groups is 2. The molecule has 24 heavy (non-hydrogen) atoms. The molecule has 0 bridgehead atoms. The Morgan fingerprint density at radius 1 is 1.17 bits per heavy atom. The zero-order chi connectivity index (χ0) is 17.9. The molecule has 1 aromatic heterocycles. The number of aryl methyl sites for hydroxylation is 3. The highest BCUT2D eigenvalue weighted by Crippen LogP contribution is 2.22. The molecule has 0 aliphatic carbocycles. The van der Waals surface area contributed by atoms with Crippen LogP contribution < -0.4 is 5.32 Å². The van der Waals surface area contributed by atoms with E-state index in [1.54, 1.807) is 0 Å². The van der Waals surface area contributed by atoms with Gasteiger partial charge in [0.25, 0.3) is 5.91 Å². The first kappa shape index (κ1) is 17.9. The Hall–Kier alpha value is -2.40. The summed E-state index contributed by atoms with van der Waals surface area (Å²) < 4.78 is 5.18. The van der Waals surface area contributed by atoms with Gasteiger partial charge in [0.2, 0.25) is 0 Å². The number of anilines is 1. The largest absolute Gasteiger partial charge is 0.449 e. The molecule has 126 valence electrons. The first-order valence-electron chi connectivity index (χ1n) is 7.49. The van der Waals surface area contributed by atoms with Gasteiger partial charge in [0, 0.05) is 11.9 Å². The molecule has 2 aromatic rings. The first-order chi connectivity index (χ1) is 11.3. The van der Waals surface area contributed by atoms with E-state index < -0.39 is 12.1 Å². The van der Waals surface area contributed by atoms with Gasteiger partial charge in [0.1, 0.15) is 5.15 Å². The number of amides is 1. The number of hydrogen-bond acceptors (Lipinski definition) is 4. The monoisotopic (exact) mass is 346 g/mol. The lowest BCUT2D eigenvalue weighted by atomic mass is 10.0. The lowest BCUT2D eigenvalue weighted by Gasteiger charge is -2.16. The number of benzene rings is 1. The topological polar surface area (TPSA) is 68.3 Å². The molecule has 2 rings (SSSR count). The molecular formula is C18H19ClN2O3. The molecule has 1 N–H and O–H groups in total. The summed E-state index contributed by atoms with van der Waals surface area (Å²) >= 11 is 5.68. The number of carbonyl (C=O) groups excluding carboxylic acids is 2. The predicted octanol–water partition coefficient (Wildman–Crippen LogP) is 3.84. The molecule has 0 saturated heterocycles. The van der Waals surface area contributed by atoms with Gasteiger partial charge < -0.3 is 10.1 Å². The van der Waals surface area contributed by atoms with Crippen LogP contribution in [0.15, 0.2) is 30.5 Å². The average molecular weight is 347 g/mol. The summed E-state index contributed by atoms with van der Waals surface area (Å²) in [7, 11) is 0. The molecule has 1 atom stereocenters. The number of rotatable bonds is 4. The first-order valence-corrected chi connectivity index (χ1v) is 7.87. The lowest BCUT2D eigenvalue weighted by molar-refractivity contribution is -0.123. The van der Waals surface area contributed by atoms with Crippen molar-refractivity contribution in [3.8, 4) is 0 Å². The van der Waals surface area contributed by atoms with Crippen LogP contribution in [0.5, 0.6) is 0 Å². The second kappa shape index (κ2) is 7.45. The van der Waals surface area contributed by atoms with Gasteiger partial charge in [-0.2, -0.15) is 0 Å². The van der Waals surface area contributed by atoms with Crippen molar-refractivity contribution in [2.45, 2.75) is 33.8 Å². The Bertz CT molecular complexity index is 749. The van der Waals surface area contributed by atoms with Gasteiger partial charge in [-0.05, 0) is 51.0 Å². The van der Waals surface area contributed by atoms with E-state index >= 15 is 0 Å². The molecule has 0 spiro atoms. The molecule has 1 aromatic carbocycles. The second-order valence-corrected chi connectivity index (χ2v) is 6.07. The number of hydrogen-bond donors (Lipinski definition) is 1. The standard InChI is InChI=1S/C18H19ClN2O3/c1-10-7-11(2)16(12(3)8-10)21-17(22)13(4)24-18(23)14-5-6-15(19)20-9-14/h5-9,13H,1-4H3,(H,21,22)/t13-/m1/s1. The SMILES string of the molecule is Cc1cc(C)c(NC(=O)[C@@H](C)OC(=O)c2ccc(Cl)nc2)c(C)c1. The van der Waals surface area contributed by atoms with Crippen molar-refractivity contribution in [2.75, 3.05) is 5.32 Å². The molecule has 0 radical (unpaired) electrons. The molecule has 6 heteroatoms. The fourth-order valence-corrected chi connectivity index (χ4v) is 2.49. The molecule has 1 amide bonds. The van der Waals surface area contributed by atoms with E-state index in [-0.39, 0.29) is 16.6 Å². The third-order valence-electron chi connectivity index (χ3n) is 3.54. The number of ether oxygens (including phenoxy) is 1. The van der Waals surface area contributed by atoms with Crippen LogP contribution in [-0.4, -0.2) is 23.0 Å². The number of nitrogens with zero attached hydrogens (tertiary/aromatic N) is 1. The zero-order valence-electron chi connectivity index (χ0n) is 14.0. The van der Waals surface area contributed by atoms with Gasteiger partial charge in [-0.25, -0.2) is 9.78 Å². The highest BCUT2D eigenvalue weighted by atomic mass is 35.5. The summed E-state index contributed by atoms with van der Waals surface area (Å²) in [6.07, 6.45) is 0.372. The van der Waals surface area contributed by atoms with Gasteiger partial charge in [0.15, 0.2) is 6.10 Å². The Morgan fingerprint density at radius 3 is 2.33 bits per heavy atom. The Morgan fingerprint density at radius 2 is 1.79 bits per heavy atom. The van der Waals surface area contributed by atoms with Crippen LogP contribution in [0, 0.1) is 20.8 Å². The van der Waals surface area contributed by atoms with E-state index in [1.165, 1.54) is 25.3 Å². The summed E-state index contributed by atoms with van der Waals surface area (Å²) in [6, 6.07) is 6.95. The summed E-state index contributed by atoms with van der Waals surface area (Å²) in [5, 5.41) is 3.10. The van der Waals surface area contributed by atoms with Gasteiger partial charge in [-0.15, -0.1) is 0 Å². The molecule has 0 aliphatic heterocycles. The summed E-state index contributed by atoms with van der Waals surface area (Å²) in [5.41, 5.74) is 4.02. The minimum absolute atomic E-state index is 0.238. The van der Waals surface area contributed by atoms with Crippen molar-refractivity contribution in [1.82, 2.24) is 4.98 Å². The summed E-state index contributed by atoms with van der Waals surface area (Å²) in [5.74, 6) is -1.01. The van der Waals surface area contributed by atoms with Crippen LogP contribution in [0.3, 0.4) is 0 Å². The van der Waals surface area contributed by atoms with Crippen LogP contribution in [0.2, 0.25) is 5.15 Å². The van der Waals surface area contributed by atoms with E-state index in [9.17, 15) is 9.59 Å². The van der Waals surface area contributed by atoms with E-state index in [0.29, 0.717) is 0 Å². The van der Waals surface area contributed by atoms with Gasteiger partial charge >= 0.3 is 5.97 Å². The van der Waals surface area contributed by atoms with Crippen molar-refractivity contribution >= 4 is 29.2 Å². The number of esters is 1. The van der Waals surface area contributed by atoms with Gasteiger partial charge in [-0.1, -0.05) is 29.3 Å². The Balaban J connectivity index is 2.05. The van der Waals surface area contributed by atoms with E-state index in [2.05, 4.69) is 10.3 Å². The number of nitrogens with one attached hydrogen (secondary N) is 1. The summed E-state index contributed by atoms with van der Waals surface area (Å²) in [4.78, 5) is 28.1. The molecule has 0 saturated carbocycles. The average Bonchev–Trinajstić information content (AvgIpc) is 2.51. The van der Waals surface area contributed by atoms with E-state index in [4.69, 9.17) is 16.3 Å². The number of pyridine rings is 1. The molecule has 5 nitrogen and oxygen atoms in total. The molecule has 0 fully saturated rings. The highest BCUT2D eigenvalue weighted by molar-refractivity contribution is 6.29. The van der Waals surface area contributed by atoms with E-state index in [0.717, 1.165) is 22.4 Å². The van der Waals surface area contributed by atoms with Crippen LogP contribution >= 0.6 is 11.6 Å². The lowest BCUT2D eigenvalue weighted by Crippen LogP contribution is -2.30. The van der Waals surface area contributed by atoms with Crippen molar-refractivity contribution in [2.24, 2.45) is 0 Å². The van der Waals surface area contributed by atoms with Crippen molar-refractivity contribution in [3.63, 3.8) is 0 Å². The maximum Gasteiger partial charge on any atom is 0.340 e. The van der Waals surface area contributed by atoms with Crippen molar-refractivity contribution in [3.05, 3.63) is 57.9 Å². The zero-order valence-corrected chi connectivity index (χ0v) is 14.8. The summed E-state index contributed by atoms with van der Waals surface area (Å²) in [6.45, 7) is 7.36. The van der Waals surface area contributed by atoms with Crippen molar-refractivity contribution < 1.29 is 14.3 Å². The highest BCUT2D eigenvalue weighted by Gasteiger charge is 2.20. The molecule has 0 aliphatic rings. The quantitative estimate of drug-likeness (QED) is 0.674. The van der Waals surface area contributed by atoms with Gasteiger partial charge in [0.05, 0.1) is 5.56 Å². The van der Waals surface area contributed by atoms with Crippen LogP contribution in [0.25, 0.3) is 0 Å². The third kappa shape index (κ3) is 4.32. The Kier molecular flexibility index (Phi) is 5.57. The van der Waals surface area contributed by atoms with Crippen LogP contribution in [0.4, 0.5) is 5.69 Å². The molecular weight excluding hydrogens is 328 g/mol. The number of halogens is 1. The second-order valence-electron chi connectivity index (χ2n) is 5.68. The maximum atomic E-state index is 12.3. The van der Waals surface area contributed by atoms with Crippen molar-refractivity contribution in [1.29, 1.82) is 0 Å². The molecule has 1 heterocycles. The fraction of sp³-hybridized carbons (Fsp3) is 0.278. The maximum absolute atomic E-state index is 12.3.